The smallest absolute Gasteiger partial charge is 0.229 e. The highest BCUT2D eigenvalue weighted by Crippen LogP contribution is 2.20. The number of aromatic nitrogens is 2. The molecule has 0 atom stereocenters. The van der Waals surface area contributed by atoms with E-state index in [9.17, 15) is 8.42 Å². The van der Waals surface area contributed by atoms with Gasteiger partial charge in [-0.1, -0.05) is 37.8 Å². The van der Waals surface area contributed by atoms with E-state index in [4.69, 9.17) is 4.52 Å². The molecule has 0 aliphatic carbocycles. The molecule has 1 aromatic heterocycles. The molecule has 0 bridgehead atoms. The van der Waals surface area contributed by atoms with E-state index in [0.29, 0.717) is 17.4 Å². The van der Waals surface area contributed by atoms with Gasteiger partial charge in [0.15, 0.2) is 0 Å². The lowest BCUT2D eigenvalue weighted by Gasteiger charge is -2.03. The lowest BCUT2D eigenvalue weighted by atomic mass is 10.1. The fraction of sp³-hybridized carbons (Fsp3) is 0.500. The molecule has 2 rings (SSSR count). The number of sulfonamides is 1. The van der Waals surface area contributed by atoms with E-state index in [-0.39, 0.29) is 0 Å². The van der Waals surface area contributed by atoms with E-state index in [2.05, 4.69) is 21.8 Å². The Balaban J connectivity index is 1.92. The molecule has 23 heavy (non-hydrogen) atoms. The summed E-state index contributed by atoms with van der Waals surface area (Å²) >= 11 is 0. The van der Waals surface area contributed by atoms with Crippen LogP contribution >= 0.6 is 0 Å². The molecule has 0 saturated carbocycles. The second-order valence-corrected chi connectivity index (χ2v) is 7.38. The third-order valence-corrected chi connectivity index (χ3v) is 4.02. The Hall–Kier alpha value is -1.89. The van der Waals surface area contributed by atoms with Gasteiger partial charge in [0.1, 0.15) is 0 Å². The fourth-order valence-electron chi connectivity index (χ4n) is 2.25. The average molecular weight is 337 g/mol. The molecule has 6 nitrogen and oxygen atoms in total. The summed E-state index contributed by atoms with van der Waals surface area (Å²) < 4.78 is 30.0. The highest BCUT2D eigenvalue weighted by Gasteiger charge is 2.09. The molecule has 0 aliphatic heterocycles. The van der Waals surface area contributed by atoms with Gasteiger partial charge < -0.3 is 4.52 Å². The van der Waals surface area contributed by atoms with Gasteiger partial charge in [-0.3, -0.25) is 4.72 Å². The number of hydrogen-bond donors (Lipinski definition) is 1. The molecule has 0 amide bonds. The van der Waals surface area contributed by atoms with Gasteiger partial charge >= 0.3 is 0 Å². The number of benzene rings is 1. The SMILES string of the molecule is CCCCCCCc1nc(-c2ccc(NS(C)(=O)=O)cc2)no1. The number of unbranched alkanes of at least 4 members (excludes halogenated alkanes) is 4. The molecule has 0 unspecified atom stereocenters. The lowest BCUT2D eigenvalue weighted by Crippen LogP contribution is -2.09. The summed E-state index contributed by atoms with van der Waals surface area (Å²) in [5.74, 6) is 1.18. The standard InChI is InChI=1S/C16H23N3O3S/c1-3-4-5-6-7-8-15-17-16(18-22-15)13-9-11-14(12-10-13)19-23(2,20)21/h9-12,19H,3-8H2,1-2H3. The lowest BCUT2D eigenvalue weighted by molar-refractivity contribution is 0.374. The van der Waals surface area contributed by atoms with Crippen LogP contribution in [-0.4, -0.2) is 24.8 Å². The molecule has 7 heteroatoms. The minimum atomic E-state index is -3.27. The van der Waals surface area contributed by atoms with Crippen LogP contribution in [0.1, 0.15) is 44.9 Å². The van der Waals surface area contributed by atoms with Crippen LogP contribution in [0.4, 0.5) is 5.69 Å². The van der Waals surface area contributed by atoms with Crippen molar-refractivity contribution in [1.29, 1.82) is 0 Å². The van der Waals surface area contributed by atoms with E-state index >= 15 is 0 Å². The van der Waals surface area contributed by atoms with E-state index < -0.39 is 10.0 Å². The van der Waals surface area contributed by atoms with E-state index in [1.165, 1.54) is 25.7 Å². The zero-order chi connectivity index (χ0) is 16.7. The Bertz CT molecular complexity index is 708. The van der Waals surface area contributed by atoms with Gasteiger partial charge in [0.05, 0.1) is 6.26 Å². The van der Waals surface area contributed by atoms with Crippen LogP contribution < -0.4 is 4.72 Å². The predicted octanol–water partition coefficient (Wildman–Crippen LogP) is 3.62. The Kier molecular flexibility index (Phi) is 6.15. The number of nitrogens with one attached hydrogen (secondary N) is 1. The summed E-state index contributed by atoms with van der Waals surface area (Å²) in [5, 5.41) is 3.98. The quantitative estimate of drug-likeness (QED) is 0.706. The minimum absolute atomic E-state index is 0.510. The van der Waals surface area contributed by atoms with Crippen molar-refractivity contribution in [2.24, 2.45) is 0 Å². The fourth-order valence-corrected chi connectivity index (χ4v) is 2.82. The molecular formula is C16H23N3O3S. The molecular weight excluding hydrogens is 314 g/mol. The average Bonchev–Trinajstić information content (AvgIpc) is 2.95. The zero-order valence-electron chi connectivity index (χ0n) is 13.6. The Morgan fingerprint density at radius 2 is 1.78 bits per heavy atom. The van der Waals surface area contributed by atoms with Crippen LogP contribution in [0.25, 0.3) is 11.4 Å². The Morgan fingerprint density at radius 3 is 2.43 bits per heavy atom. The van der Waals surface area contributed by atoms with Gasteiger partial charge in [-0.25, -0.2) is 8.42 Å². The molecule has 0 aliphatic rings. The first-order chi connectivity index (χ1) is 11.0. The first-order valence-electron chi connectivity index (χ1n) is 7.89. The van der Waals surface area contributed by atoms with Crippen LogP contribution in [-0.2, 0) is 16.4 Å². The van der Waals surface area contributed by atoms with Gasteiger partial charge in [0.2, 0.25) is 21.7 Å². The van der Waals surface area contributed by atoms with Crippen molar-refractivity contribution in [3.8, 4) is 11.4 Å². The molecule has 126 valence electrons. The van der Waals surface area contributed by atoms with Crippen LogP contribution in [0, 0.1) is 0 Å². The van der Waals surface area contributed by atoms with Crippen LogP contribution in [0.3, 0.4) is 0 Å². The van der Waals surface area contributed by atoms with Gasteiger partial charge in [0, 0.05) is 17.7 Å². The molecule has 0 spiro atoms. The van der Waals surface area contributed by atoms with E-state index in [1.54, 1.807) is 24.3 Å². The molecule has 0 saturated heterocycles. The maximum Gasteiger partial charge on any atom is 0.229 e. The number of rotatable bonds is 9. The van der Waals surface area contributed by atoms with Crippen molar-refractivity contribution in [2.45, 2.75) is 45.4 Å². The third-order valence-electron chi connectivity index (χ3n) is 3.41. The molecule has 0 fully saturated rings. The zero-order valence-corrected chi connectivity index (χ0v) is 14.4. The third kappa shape index (κ3) is 6.02. The van der Waals surface area contributed by atoms with Crippen LogP contribution in [0.5, 0.6) is 0 Å². The molecule has 0 radical (unpaired) electrons. The maximum absolute atomic E-state index is 11.2. The Labute approximate surface area is 137 Å². The summed E-state index contributed by atoms with van der Waals surface area (Å²) in [6.45, 7) is 2.20. The Morgan fingerprint density at radius 1 is 1.09 bits per heavy atom. The predicted molar refractivity (Wildman–Crippen MR) is 90.7 cm³/mol. The monoisotopic (exact) mass is 337 g/mol. The van der Waals surface area contributed by atoms with Crippen molar-refractivity contribution < 1.29 is 12.9 Å². The van der Waals surface area contributed by atoms with E-state index in [0.717, 1.165) is 24.7 Å². The van der Waals surface area contributed by atoms with Crippen molar-refractivity contribution in [2.75, 3.05) is 11.0 Å². The first-order valence-corrected chi connectivity index (χ1v) is 9.78. The first kappa shape index (κ1) is 17.5. The van der Waals surface area contributed by atoms with Gasteiger partial charge in [-0.2, -0.15) is 4.98 Å². The number of aryl methyl sites for hydroxylation is 1. The minimum Gasteiger partial charge on any atom is -0.339 e. The summed E-state index contributed by atoms with van der Waals surface area (Å²) in [7, 11) is -3.27. The van der Waals surface area contributed by atoms with Crippen molar-refractivity contribution >= 4 is 15.7 Å². The van der Waals surface area contributed by atoms with Crippen molar-refractivity contribution in [1.82, 2.24) is 10.1 Å². The van der Waals surface area contributed by atoms with Crippen LogP contribution in [0.15, 0.2) is 28.8 Å². The highest BCUT2D eigenvalue weighted by atomic mass is 32.2. The van der Waals surface area contributed by atoms with Crippen molar-refractivity contribution in [3.05, 3.63) is 30.2 Å². The molecule has 2 aromatic rings. The normalized spacial score (nSPS) is 11.6. The second-order valence-electron chi connectivity index (χ2n) is 5.63. The van der Waals surface area contributed by atoms with E-state index in [1.807, 2.05) is 0 Å². The number of hydrogen-bond acceptors (Lipinski definition) is 5. The summed E-state index contributed by atoms with van der Waals surface area (Å²) in [6, 6.07) is 6.89. The number of anilines is 1. The molecule has 1 heterocycles. The number of nitrogens with zero attached hydrogens (tertiary/aromatic N) is 2. The van der Waals surface area contributed by atoms with Gasteiger partial charge in [0.25, 0.3) is 0 Å². The van der Waals surface area contributed by atoms with Crippen molar-refractivity contribution in [3.63, 3.8) is 0 Å². The summed E-state index contributed by atoms with van der Waals surface area (Å²) in [4.78, 5) is 4.39. The second kappa shape index (κ2) is 8.10. The molecule has 1 aromatic carbocycles. The van der Waals surface area contributed by atoms with Gasteiger partial charge in [-0.15, -0.1) is 0 Å². The summed E-state index contributed by atoms with van der Waals surface area (Å²) in [6.07, 6.45) is 7.89. The summed E-state index contributed by atoms with van der Waals surface area (Å²) in [5.41, 5.74) is 1.31. The van der Waals surface area contributed by atoms with Crippen LogP contribution in [0.2, 0.25) is 0 Å². The highest BCUT2D eigenvalue weighted by molar-refractivity contribution is 7.92. The largest absolute Gasteiger partial charge is 0.339 e. The topological polar surface area (TPSA) is 85.1 Å². The molecule has 1 N–H and O–H groups in total. The maximum atomic E-state index is 11.2. The van der Waals surface area contributed by atoms with Gasteiger partial charge in [-0.05, 0) is 30.7 Å².